The normalized spacial score (nSPS) is 10.1. The number of nitrogens with two attached hydrogens (primary N) is 1. The zero-order valence-corrected chi connectivity index (χ0v) is 8.86. The molecule has 3 nitrogen and oxygen atoms in total. The molecule has 1 aromatic carbocycles. The Morgan fingerprint density at radius 2 is 2.07 bits per heavy atom. The Balaban J connectivity index is 2.51. The smallest absolute Gasteiger partial charge is 0.0597 e. The van der Waals surface area contributed by atoms with Crippen LogP contribution < -0.4 is 10.6 Å². The Labute approximate surface area is 85.5 Å². The monoisotopic (exact) mass is 194 g/mol. The minimum absolute atomic E-state index is 0.789. The molecule has 1 aromatic rings. The van der Waals surface area contributed by atoms with E-state index in [4.69, 9.17) is 10.5 Å². The van der Waals surface area contributed by atoms with Gasteiger partial charge in [-0.1, -0.05) is 12.1 Å². The lowest BCUT2D eigenvalue weighted by atomic mass is 10.2. The number of methoxy groups -OCH3 is 1. The second-order valence-corrected chi connectivity index (χ2v) is 3.33. The van der Waals surface area contributed by atoms with Crippen molar-refractivity contribution >= 4 is 11.4 Å². The van der Waals surface area contributed by atoms with Gasteiger partial charge in [-0.05, 0) is 18.6 Å². The minimum atomic E-state index is 0.789. The number of benzene rings is 1. The van der Waals surface area contributed by atoms with E-state index >= 15 is 0 Å². The predicted octanol–water partition coefficient (Wildman–Crippen LogP) is 1.74. The first-order valence-corrected chi connectivity index (χ1v) is 4.80. The van der Waals surface area contributed by atoms with Crippen LogP contribution in [0.5, 0.6) is 0 Å². The summed E-state index contributed by atoms with van der Waals surface area (Å²) in [5.74, 6) is 0. The van der Waals surface area contributed by atoms with Crippen molar-refractivity contribution in [1.29, 1.82) is 0 Å². The summed E-state index contributed by atoms with van der Waals surface area (Å²) in [5, 5.41) is 0. The lowest BCUT2D eigenvalue weighted by Gasteiger charge is -2.20. The van der Waals surface area contributed by atoms with E-state index in [1.165, 1.54) is 0 Å². The highest BCUT2D eigenvalue weighted by molar-refractivity contribution is 5.66. The average Bonchev–Trinajstić information content (AvgIpc) is 2.18. The zero-order chi connectivity index (χ0) is 10.4. The number of nitrogens with zero attached hydrogens (tertiary/aromatic N) is 1. The summed E-state index contributed by atoms with van der Waals surface area (Å²) in [4.78, 5) is 2.15. The van der Waals surface area contributed by atoms with Gasteiger partial charge in [0, 0.05) is 27.3 Å². The molecule has 0 spiro atoms. The fraction of sp³-hybridized carbons (Fsp3) is 0.455. The maximum atomic E-state index is 5.85. The molecule has 1 rings (SSSR count). The molecule has 0 heterocycles. The van der Waals surface area contributed by atoms with Crippen molar-refractivity contribution in [2.45, 2.75) is 6.42 Å². The Morgan fingerprint density at radius 1 is 1.36 bits per heavy atom. The molecule has 0 aliphatic carbocycles. The van der Waals surface area contributed by atoms with E-state index in [-0.39, 0.29) is 0 Å². The number of para-hydroxylation sites is 2. The van der Waals surface area contributed by atoms with Gasteiger partial charge >= 0.3 is 0 Å². The highest BCUT2D eigenvalue weighted by Crippen LogP contribution is 2.20. The largest absolute Gasteiger partial charge is 0.397 e. The molecule has 0 amide bonds. The molecule has 78 valence electrons. The molecular formula is C11H18N2O. The molecule has 2 N–H and O–H groups in total. The van der Waals surface area contributed by atoms with Crippen LogP contribution in [0.1, 0.15) is 6.42 Å². The number of hydrogen-bond donors (Lipinski definition) is 1. The summed E-state index contributed by atoms with van der Waals surface area (Å²) in [5.41, 5.74) is 7.77. The quantitative estimate of drug-likeness (QED) is 0.573. The first-order chi connectivity index (χ1) is 6.75. The van der Waals surface area contributed by atoms with Gasteiger partial charge in [-0.25, -0.2) is 0 Å². The summed E-state index contributed by atoms with van der Waals surface area (Å²) >= 11 is 0. The summed E-state index contributed by atoms with van der Waals surface area (Å²) in [6, 6.07) is 7.89. The van der Waals surface area contributed by atoms with Crippen molar-refractivity contribution in [3.05, 3.63) is 24.3 Å². The topological polar surface area (TPSA) is 38.5 Å². The number of anilines is 2. The Morgan fingerprint density at radius 3 is 2.71 bits per heavy atom. The number of hydrogen-bond acceptors (Lipinski definition) is 3. The van der Waals surface area contributed by atoms with Crippen LogP contribution in [0.3, 0.4) is 0 Å². The third-order valence-corrected chi connectivity index (χ3v) is 2.19. The molecule has 0 atom stereocenters. The van der Waals surface area contributed by atoms with Crippen molar-refractivity contribution in [2.75, 3.05) is 37.9 Å². The maximum absolute atomic E-state index is 5.85. The van der Waals surface area contributed by atoms with Crippen LogP contribution in [0.2, 0.25) is 0 Å². The van der Waals surface area contributed by atoms with Gasteiger partial charge in [0.25, 0.3) is 0 Å². The van der Waals surface area contributed by atoms with Gasteiger partial charge in [0.1, 0.15) is 0 Å². The minimum Gasteiger partial charge on any atom is -0.397 e. The molecule has 14 heavy (non-hydrogen) atoms. The molecule has 3 heteroatoms. The summed E-state index contributed by atoms with van der Waals surface area (Å²) in [6.07, 6.45) is 1.02. The fourth-order valence-electron chi connectivity index (χ4n) is 1.40. The summed E-state index contributed by atoms with van der Waals surface area (Å²) in [6.45, 7) is 1.75. The van der Waals surface area contributed by atoms with Gasteiger partial charge in [-0.2, -0.15) is 0 Å². The number of ether oxygens (including phenoxy) is 1. The first-order valence-electron chi connectivity index (χ1n) is 4.80. The third kappa shape index (κ3) is 2.92. The van der Waals surface area contributed by atoms with E-state index in [0.29, 0.717) is 0 Å². The van der Waals surface area contributed by atoms with Crippen LogP contribution in [0.4, 0.5) is 11.4 Å². The number of rotatable bonds is 5. The molecule has 0 aliphatic heterocycles. The lowest BCUT2D eigenvalue weighted by Crippen LogP contribution is -2.20. The Hall–Kier alpha value is -1.22. The molecule has 0 saturated carbocycles. The van der Waals surface area contributed by atoms with E-state index in [9.17, 15) is 0 Å². The van der Waals surface area contributed by atoms with Crippen molar-refractivity contribution in [3.63, 3.8) is 0 Å². The van der Waals surface area contributed by atoms with Crippen molar-refractivity contribution in [2.24, 2.45) is 0 Å². The van der Waals surface area contributed by atoms with Crippen molar-refractivity contribution < 1.29 is 4.74 Å². The fourth-order valence-corrected chi connectivity index (χ4v) is 1.40. The van der Waals surface area contributed by atoms with E-state index < -0.39 is 0 Å². The lowest BCUT2D eigenvalue weighted by molar-refractivity contribution is 0.196. The van der Waals surface area contributed by atoms with Gasteiger partial charge in [-0.15, -0.1) is 0 Å². The second-order valence-electron chi connectivity index (χ2n) is 3.33. The molecular weight excluding hydrogens is 176 g/mol. The van der Waals surface area contributed by atoms with Crippen LogP contribution in [0, 0.1) is 0 Å². The highest BCUT2D eigenvalue weighted by Gasteiger charge is 2.02. The first kappa shape index (κ1) is 10.9. The van der Waals surface area contributed by atoms with Crippen molar-refractivity contribution in [1.82, 2.24) is 0 Å². The van der Waals surface area contributed by atoms with E-state index in [2.05, 4.69) is 4.90 Å². The molecule has 0 fully saturated rings. The van der Waals surface area contributed by atoms with Gasteiger partial charge < -0.3 is 15.4 Å². The van der Waals surface area contributed by atoms with E-state index in [1.807, 2.05) is 31.3 Å². The van der Waals surface area contributed by atoms with Gasteiger partial charge in [-0.3, -0.25) is 0 Å². The standard InChI is InChI=1S/C11H18N2O/c1-13(8-5-9-14-2)11-7-4-3-6-10(11)12/h3-4,6-7H,5,8-9,12H2,1-2H3. The molecule has 0 unspecified atom stereocenters. The van der Waals surface area contributed by atoms with Crippen LogP contribution in [0.15, 0.2) is 24.3 Å². The third-order valence-electron chi connectivity index (χ3n) is 2.19. The molecule has 0 aliphatic rings. The van der Waals surface area contributed by atoms with Crippen molar-refractivity contribution in [3.8, 4) is 0 Å². The molecule has 0 saturated heterocycles. The predicted molar refractivity (Wildman–Crippen MR) is 60.6 cm³/mol. The van der Waals surface area contributed by atoms with Crippen LogP contribution in [-0.4, -0.2) is 27.3 Å². The summed E-state index contributed by atoms with van der Waals surface area (Å²) < 4.78 is 5.00. The van der Waals surface area contributed by atoms with Gasteiger partial charge in [0.2, 0.25) is 0 Å². The molecule has 0 radical (unpaired) electrons. The Kier molecular flexibility index (Phi) is 4.26. The SMILES string of the molecule is COCCCN(C)c1ccccc1N. The van der Waals surface area contributed by atoms with Gasteiger partial charge in [0.15, 0.2) is 0 Å². The molecule has 0 bridgehead atoms. The number of nitrogen functional groups attached to an aromatic ring is 1. The molecule has 0 aromatic heterocycles. The highest BCUT2D eigenvalue weighted by atomic mass is 16.5. The van der Waals surface area contributed by atoms with Gasteiger partial charge in [0.05, 0.1) is 11.4 Å². The van der Waals surface area contributed by atoms with Crippen LogP contribution in [-0.2, 0) is 4.74 Å². The second kappa shape index (κ2) is 5.50. The average molecular weight is 194 g/mol. The van der Waals surface area contributed by atoms with Crippen LogP contribution >= 0.6 is 0 Å². The maximum Gasteiger partial charge on any atom is 0.0597 e. The van der Waals surface area contributed by atoms with E-state index in [1.54, 1.807) is 7.11 Å². The zero-order valence-electron chi connectivity index (χ0n) is 8.86. The Bertz CT molecular complexity index is 276. The van der Waals surface area contributed by atoms with E-state index in [0.717, 1.165) is 30.9 Å². The summed E-state index contributed by atoms with van der Waals surface area (Å²) in [7, 11) is 3.76. The van der Waals surface area contributed by atoms with Crippen LogP contribution in [0.25, 0.3) is 0 Å².